The van der Waals surface area contributed by atoms with Crippen molar-refractivity contribution >= 4 is 15.9 Å². The lowest BCUT2D eigenvalue weighted by Crippen LogP contribution is -2.44. The van der Waals surface area contributed by atoms with Crippen molar-refractivity contribution < 1.29 is 0 Å². The molecule has 1 saturated heterocycles. The van der Waals surface area contributed by atoms with Gasteiger partial charge in [0.25, 0.3) is 0 Å². The second-order valence-corrected chi connectivity index (χ2v) is 6.38. The summed E-state index contributed by atoms with van der Waals surface area (Å²) in [6.45, 7) is 6.54. The first kappa shape index (κ1) is 14.0. The van der Waals surface area contributed by atoms with Gasteiger partial charge in [0.2, 0.25) is 0 Å². The van der Waals surface area contributed by atoms with Crippen molar-refractivity contribution in [2.24, 2.45) is 11.7 Å². The van der Waals surface area contributed by atoms with Crippen LogP contribution in [-0.4, -0.2) is 24.0 Å². The molecule has 3 heteroatoms. The lowest BCUT2D eigenvalue weighted by molar-refractivity contribution is 0.0665. The van der Waals surface area contributed by atoms with Gasteiger partial charge in [-0.05, 0) is 63.4 Å². The zero-order valence-electron chi connectivity index (χ0n) is 11.3. The molecule has 0 saturated carbocycles. The second kappa shape index (κ2) is 6.18. The monoisotopic (exact) mass is 310 g/mol. The normalized spacial score (nSPS) is 25.6. The van der Waals surface area contributed by atoms with E-state index in [1.807, 2.05) is 0 Å². The van der Waals surface area contributed by atoms with E-state index in [1.165, 1.54) is 24.9 Å². The van der Waals surface area contributed by atoms with Gasteiger partial charge in [-0.1, -0.05) is 28.1 Å². The molecule has 0 spiro atoms. The standard InChI is InChI=1S/C15H23BrN2/c1-11(2)18-9-3-4-13(10-17)15(18)12-5-7-14(16)8-6-12/h5-8,11,13,15H,3-4,9-10,17H2,1-2H3. The lowest BCUT2D eigenvalue weighted by Gasteiger charge is -2.43. The zero-order chi connectivity index (χ0) is 13.1. The highest BCUT2D eigenvalue weighted by molar-refractivity contribution is 9.10. The van der Waals surface area contributed by atoms with Gasteiger partial charge < -0.3 is 5.73 Å². The van der Waals surface area contributed by atoms with E-state index in [1.54, 1.807) is 0 Å². The van der Waals surface area contributed by atoms with Crippen molar-refractivity contribution in [2.75, 3.05) is 13.1 Å². The first-order chi connectivity index (χ1) is 8.63. The molecule has 2 rings (SSSR count). The summed E-state index contributed by atoms with van der Waals surface area (Å²) in [5, 5.41) is 0. The smallest absolute Gasteiger partial charge is 0.0391 e. The minimum Gasteiger partial charge on any atom is -0.330 e. The van der Waals surface area contributed by atoms with Crippen molar-refractivity contribution in [3.8, 4) is 0 Å². The molecule has 1 aromatic rings. The Balaban J connectivity index is 2.30. The average molecular weight is 311 g/mol. The highest BCUT2D eigenvalue weighted by Crippen LogP contribution is 2.37. The summed E-state index contributed by atoms with van der Waals surface area (Å²) in [5.41, 5.74) is 7.39. The number of hydrogen-bond donors (Lipinski definition) is 1. The first-order valence-corrected chi connectivity index (χ1v) is 7.64. The Labute approximate surface area is 119 Å². The third-order valence-corrected chi connectivity index (χ3v) is 4.50. The van der Waals surface area contributed by atoms with Crippen LogP contribution in [0.5, 0.6) is 0 Å². The number of nitrogens with two attached hydrogens (primary N) is 1. The third-order valence-electron chi connectivity index (χ3n) is 3.97. The van der Waals surface area contributed by atoms with Gasteiger partial charge >= 0.3 is 0 Å². The van der Waals surface area contributed by atoms with Gasteiger partial charge in [-0.2, -0.15) is 0 Å². The predicted octanol–water partition coefficient (Wildman–Crippen LogP) is 3.57. The lowest BCUT2D eigenvalue weighted by atomic mass is 9.84. The molecule has 2 N–H and O–H groups in total. The van der Waals surface area contributed by atoms with Gasteiger partial charge in [0.15, 0.2) is 0 Å². The fourth-order valence-electron chi connectivity index (χ4n) is 3.05. The predicted molar refractivity (Wildman–Crippen MR) is 80.5 cm³/mol. The van der Waals surface area contributed by atoms with Gasteiger partial charge in [0, 0.05) is 16.6 Å². The number of likely N-dealkylation sites (tertiary alicyclic amines) is 1. The summed E-state index contributed by atoms with van der Waals surface area (Å²) in [4.78, 5) is 2.60. The van der Waals surface area contributed by atoms with Crippen LogP contribution in [0.4, 0.5) is 0 Å². The molecule has 2 nitrogen and oxygen atoms in total. The minimum absolute atomic E-state index is 0.483. The number of benzene rings is 1. The summed E-state index contributed by atoms with van der Waals surface area (Å²) in [5.74, 6) is 0.585. The van der Waals surface area contributed by atoms with Crippen LogP contribution in [0.1, 0.15) is 38.3 Å². The average Bonchev–Trinajstić information content (AvgIpc) is 2.38. The topological polar surface area (TPSA) is 29.3 Å². The molecular weight excluding hydrogens is 288 g/mol. The Morgan fingerprint density at radius 1 is 1.33 bits per heavy atom. The van der Waals surface area contributed by atoms with E-state index in [0.717, 1.165) is 11.0 Å². The van der Waals surface area contributed by atoms with E-state index in [2.05, 4.69) is 58.9 Å². The van der Waals surface area contributed by atoms with E-state index < -0.39 is 0 Å². The Kier molecular flexibility index (Phi) is 4.82. The maximum Gasteiger partial charge on any atom is 0.0391 e. The molecule has 1 aliphatic rings. The van der Waals surface area contributed by atoms with Gasteiger partial charge in [0.05, 0.1) is 0 Å². The second-order valence-electron chi connectivity index (χ2n) is 5.47. The molecule has 0 radical (unpaired) electrons. The molecule has 0 bridgehead atoms. The van der Waals surface area contributed by atoms with Crippen molar-refractivity contribution in [1.82, 2.24) is 4.90 Å². The largest absolute Gasteiger partial charge is 0.330 e. The van der Waals surface area contributed by atoms with Crippen molar-refractivity contribution in [1.29, 1.82) is 0 Å². The molecule has 0 aliphatic carbocycles. The summed E-state index contributed by atoms with van der Waals surface area (Å²) in [6.07, 6.45) is 2.52. The van der Waals surface area contributed by atoms with Gasteiger partial charge in [0.1, 0.15) is 0 Å². The molecule has 100 valence electrons. The molecule has 0 amide bonds. The zero-order valence-corrected chi connectivity index (χ0v) is 12.9. The Morgan fingerprint density at radius 3 is 2.56 bits per heavy atom. The maximum atomic E-state index is 5.99. The van der Waals surface area contributed by atoms with Crippen LogP contribution < -0.4 is 5.73 Å². The molecule has 2 unspecified atom stereocenters. The van der Waals surface area contributed by atoms with E-state index >= 15 is 0 Å². The van der Waals surface area contributed by atoms with Crippen LogP contribution in [0, 0.1) is 5.92 Å². The van der Waals surface area contributed by atoms with Crippen LogP contribution in [0.2, 0.25) is 0 Å². The summed E-state index contributed by atoms with van der Waals surface area (Å²) >= 11 is 3.51. The number of hydrogen-bond acceptors (Lipinski definition) is 2. The number of nitrogens with zero attached hydrogens (tertiary/aromatic N) is 1. The van der Waals surface area contributed by atoms with Crippen molar-refractivity contribution in [2.45, 2.75) is 38.8 Å². The van der Waals surface area contributed by atoms with Crippen molar-refractivity contribution in [3.05, 3.63) is 34.3 Å². The molecule has 18 heavy (non-hydrogen) atoms. The Bertz CT molecular complexity index is 375. The van der Waals surface area contributed by atoms with Crippen LogP contribution >= 0.6 is 15.9 Å². The van der Waals surface area contributed by atoms with Crippen molar-refractivity contribution in [3.63, 3.8) is 0 Å². The molecular formula is C15H23BrN2. The van der Waals surface area contributed by atoms with Crippen LogP contribution in [0.15, 0.2) is 28.7 Å². The molecule has 1 aromatic carbocycles. The highest BCUT2D eigenvalue weighted by Gasteiger charge is 2.32. The van der Waals surface area contributed by atoms with Gasteiger partial charge in [-0.3, -0.25) is 4.90 Å². The maximum absolute atomic E-state index is 5.99. The molecule has 0 aromatic heterocycles. The fraction of sp³-hybridized carbons (Fsp3) is 0.600. The molecule has 1 aliphatic heterocycles. The minimum atomic E-state index is 0.483. The highest BCUT2D eigenvalue weighted by atomic mass is 79.9. The first-order valence-electron chi connectivity index (χ1n) is 6.84. The quantitative estimate of drug-likeness (QED) is 0.924. The van der Waals surface area contributed by atoms with Gasteiger partial charge in [-0.15, -0.1) is 0 Å². The molecule has 1 heterocycles. The Hall–Kier alpha value is -0.380. The van der Waals surface area contributed by atoms with Crippen LogP contribution in [0.3, 0.4) is 0 Å². The van der Waals surface area contributed by atoms with E-state index in [-0.39, 0.29) is 0 Å². The SMILES string of the molecule is CC(C)N1CCCC(CN)C1c1ccc(Br)cc1. The summed E-state index contributed by atoms with van der Waals surface area (Å²) < 4.78 is 1.14. The number of halogens is 1. The van der Waals surface area contributed by atoms with E-state index in [9.17, 15) is 0 Å². The number of rotatable bonds is 3. The van der Waals surface area contributed by atoms with Crippen LogP contribution in [0.25, 0.3) is 0 Å². The molecule has 2 atom stereocenters. The van der Waals surface area contributed by atoms with Crippen LogP contribution in [-0.2, 0) is 0 Å². The van der Waals surface area contributed by atoms with E-state index in [0.29, 0.717) is 18.0 Å². The Morgan fingerprint density at radius 2 is 2.00 bits per heavy atom. The fourth-order valence-corrected chi connectivity index (χ4v) is 3.32. The molecule has 1 fully saturated rings. The van der Waals surface area contributed by atoms with E-state index in [4.69, 9.17) is 5.73 Å². The third kappa shape index (κ3) is 2.95. The number of piperidine rings is 1. The van der Waals surface area contributed by atoms with Gasteiger partial charge in [-0.25, -0.2) is 0 Å². The summed E-state index contributed by atoms with van der Waals surface area (Å²) in [7, 11) is 0. The summed E-state index contributed by atoms with van der Waals surface area (Å²) in [6, 6.07) is 9.80.